The monoisotopic (exact) mass is 371 g/mol. The Kier molecular flexibility index (Phi) is 4.12. The third kappa shape index (κ3) is 2.50. The summed E-state index contributed by atoms with van der Waals surface area (Å²) in [5.41, 5.74) is 4.15. The predicted octanol–water partition coefficient (Wildman–Crippen LogP) is -0.727. The Balaban J connectivity index is 1.77. The highest BCUT2D eigenvalue weighted by molar-refractivity contribution is 6.03. The first kappa shape index (κ1) is 17.5. The van der Waals surface area contributed by atoms with Gasteiger partial charge in [0.15, 0.2) is 29.1 Å². The number of aromatic nitrogens is 4. The number of rotatable bonds is 4. The minimum atomic E-state index is -2.35. The van der Waals surface area contributed by atoms with Gasteiger partial charge in [0.1, 0.15) is 24.1 Å². The van der Waals surface area contributed by atoms with E-state index in [2.05, 4.69) is 15.0 Å². The minimum Gasteiger partial charge on any atom is -0.394 e. The van der Waals surface area contributed by atoms with E-state index in [9.17, 15) is 20.1 Å². The molecular formula is C17H17N5O5. The maximum atomic E-state index is 12.9. The Bertz CT molecular complexity index is 994. The predicted molar refractivity (Wildman–Crippen MR) is 92.5 cm³/mol. The molecule has 1 saturated heterocycles. The highest BCUT2D eigenvalue weighted by Gasteiger charge is 2.60. The largest absolute Gasteiger partial charge is 0.394 e. The maximum Gasteiger partial charge on any atom is 0.200 e. The Morgan fingerprint density at radius 2 is 2.00 bits per heavy atom. The first-order chi connectivity index (χ1) is 13.0. The van der Waals surface area contributed by atoms with E-state index in [1.54, 1.807) is 18.2 Å². The molecule has 1 aliphatic rings. The van der Waals surface area contributed by atoms with Gasteiger partial charge in [-0.1, -0.05) is 30.3 Å². The smallest absolute Gasteiger partial charge is 0.200 e. The molecule has 2 aromatic heterocycles. The zero-order chi connectivity index (χ0) is 19.2. The molecule has 0 saturated carbocycles. The standard InChI is InChI=1S/C17H17N5O5/c18-14-11-15(20-7-19-14)22(8-21-11)16-13(25)17(26,10(6-23)27-16)12(24)9-4-2-1-3-5-9/h1-5,7-8,10,13,16,23,25-26H,6H2,(H2,18,19,20)/t10-,13+,16-,17+/m1/s1. The summed E-state index contributed by atoms with van der Waals surface area (Å²) in [4.78, 5) is 24.9. The molecule has 1 fully saturated rings. The van der Waals surface area contributed by atoms with Crippen LogP contribution in [0.25, 0.3) is 11.2 Å². The Morgan fingerprint density at radius 3 is 2.70 bits per heavy atom. The molecule has 0 amide bonds. The quantitative estimate of drug-likeness (QED) is 0.434. The summed E-state index contributed by atoms with van der Waals surface area (Å²) in [6.07, 6.45) is -1.70. The number of anilines is 1. The number of nitrogens with two attached hydrogens (primary N) is 1. The molecule has 4 rings (SSSR count). The van der Waals surface area contributed by atoms with Gasteiger partial charge in [0.2, 0.25) is 0 Å². The summed E-state index contributed by atoms with van der Waals surface area (Å²) in [6, 6.07) is 8.00. The van der Waals surface area contributed by atoms with E-state index in [1.165, 1.54) is 29.4 Å². The lowest BCUT2D eigenvalue weighted by Crippen LogP contribution is -2.55. The van der Waals surface area contributed by atoms with Gasteiger partial charge in [-0.3, -0.25) is 9.36 Å². The number of nitrogen functional groups attached to an aromatic ring is 1. The van der Waals surface area contributed by atoms with Crippen LogP contribution in [-0.4, -0.2) is 65.0 Å². The number of aliphatic hydroxyl groups excluding tert-OH is 2. The highest BCUT2D eigenvalue weighted by atomic mass is 16.6. The first-order valence-electron chi connectivity index (χ1n) is 8.18. The molecule has 10 nitrogen and oxygen atoms in total. The Hall–Kier alpha value is -2.92. The molecule has 10 heteroatoms. The number of ketones is 1. The zero-order valence-corrected chi connectivity index (χ0v) is 14.0. The van der Waals surface area contributed by atoms with Gasteiger partial charge < -0.3 is 25.8 Å². The lowest BCUT2D eigenvalue weighted by Gasteiger charge is -2.28. The molecule has 0 spiro atoms. The number of carbonyl (C=O) groups is 1. The van der Waals surface area contributed by atoms with E-state index in [1.807, 2.05) is 0 Å². The van der Waals surface area contributed by atoms with Crippen LogP contribution in [0.3, 0.4) is 0 Å². The molecular weight excluding hydrogens is 354 g/mol. The van der Waals surface area contributed by atoms with Gasteiger partial charge in [0, 0.05) is 5.56 Å². The average molecular weight is 371 g/mol. The van der Waals surface area contributed by atoms with E-state index in [0.717, 1.165) is 0 Å². The van der Waals surface area contributed by atoms with Crippen molar-refractivity contribution in [2.75, 3.05) is 12.3 Å². The van der Waals surface area contributed by atoms with Crippen LogP contribution >= 0.6 is 0 Å². The number of benzene rings is 1. The lowest BCUT2D eigenvalue weighted by atomic mass is 9.84. The van der Waals surface area contributed by atoms with Crippen molar-refractivity contribution in [2.45, 2.75) is 24.0 Å². The molecule has 5 N–H and O–H groups in total. The molecule has 140 valence electrons. The number of Topliss-reactive ketones (excluding diaryl/α,β-unsaturated/α-hetero) is 1. The maximum absolute atomic E-state index is 12.9. The number of fused-ring (bicyclic) bond motifs is 1. The van der Waals surface area contributed by atoms with Crippen LogP contribution < -0.4 is 5.73 Å². The van der Waals surface area contributed by atoms with Gasteiger partial charge >= 0.3 is 0 Å². The van der Waals surface area contributed by atoms with E-state index >= 15 is 0 Å². The van der Waals surface area contributed by atoms with E-state index in [0.29, 0.717) is 5.52 Å². The summed E-state index contributed by atoms with van der Waals surface area (Å²) < 4.78 is 6.97. The van der Waals surface area contributed by atoms with Gasteiger partial charge in [0.05, 0.1) is 12.9 Å². The summed E-state index contributed by atoms with van der Waals surface area (Å²) in [5.74, 6) is -0.615. The average Bonchev–Trinajstić information content (AvgIpc) is 3.23. The van der Waals surface area contributed by atoms with Crippen LogP contribution in [-0.2, 0) is 4.74 Å². The number of carbonyl (C=O) groups excluding carboxylic acids is 1. The summed E-state index contributed by atoms with van der Waals surface area (Å²) >= 11 is 0. The summed E-state index contributed by atoms with van der Waals surface area (Å²) in [5, 5.41) is 31.5. The third-order valence-electron chi connectivity index (χ3n) is 4.74. The third-order valence-corrected chi connectivity index (χ3v) is 4.74. The van der Waals surface area contributed by atoms with Crippen LogP contribution in [0, 0.1) is 0 Å². The van der Waals surface area contributed by atoms with Crippen molar-refractivity contribution in [2.24, 2.45) is 0 Å². The molecule has 1 aliphatic heterocycles. The van der Waals surface area contributed by atoms with Crippen molar-refractivity contribution in [1.29, 1.82) is 0 Å². The minimum absolute atomic E-state index is 0.139. The van der Waals surface area contributed by atoms with Crippen molar-refractivity contribution in [3.8, 4) is 0 Å². The highest BCUT2D eigenvalue weighted by Crippen LogP contribution is 2.40. The molecule has 27 heavy (non-hydrogen) atoms. The lowest BCUT2D eigenvalue weighted by molar-refractivity contribution is -0.0697. The second-order valence-electron chi connectivity index (χ2n) is 6.25. The summed E-state index contributed by atoms with van der Waals surface area (Å²) in [7, 11) is 0. The second-order valence-corrected chi connectivity index (χ2v) is 6.25. The van der Waals surface area contributed by atoms with Crippen molar-refractivity contribution >= 4 is 22.8 Å². The number of imidazole rings is 1. The zero-order valence-electron chi connectivity index (χ0n) is 14.0. The van der Waals surface area contributed by atoms with Gasteiger partial charge in [-0.15, -0.1) is 0 Å². The molecule has 0 bridgehead atoms. The number of hydrogen-bond donors (Lipinski definition) is 4. The van der Waals surface area contributed by atoms with Crippen molar-refractivity contribution < 1.29 is 24.9 Å². The van der Waals surface area contributed by atoms with Crippen molar-refractivity contribution in [3.63, 3.8) is 0 Å². The van der Waals surface area contributed by atoms with Gasteiger partial charge in [0.25, 0.3) is 0 Å². The number of nitrogens with zero attached hydrogens (tertiary/aromatic N) is 4. The normalized spacial score (nSPS) is 27.9. The van der Waals surface area contributed by atoms with Crippen LogP contribution in [0.15, 0.2) is 43.0 Å². The van der Waals surface area contributed by atoms with Gasteiger partial charge in [-0.2, -0.15) is 0 Å². The molecule has 4 atom stereocenters. The number of aliphatic hydroxyl groups is 3. The van der Waals surface area contributed by atoms with Crippen LogP contribution in [0.1, 0.15) is 16.6 Å². The first-order valence-corrected chi connectivity index (χ1v) is 8.18. The van der Waals surface area contributed by atoms with E-state index < -0.39 is 36.4 Å². The molecule has 0 aliphatic carbocycles. The molecule has 1 aromatic carbocycles. The molecule has 3 aromatic rings. The molecule has 3 heterocycles. The SMILES string of the molecule is Nc1ncnc2c1ncn2[C@@H]1O[C@H](CO)[C@](O)(C(=O)c2ccccc2)[C@H]1O. The molecule has 0 radical (unpaired) electrons. The Labute approximate surface area is 152 Å². The fourth-order valence-electron chi connectivity index (χ4n) is 3.31. The molecule has 0 unspecified atom stereocenters. The summed E-state index contributed by atoms with van der Waals surface area (Å²) in [6.45, 7) is -0.674. The Morgan fingerprint density at radius 1 is 1.26 bits per heavy atom. The number of ether oxygens (including phenoxy) is 1. The van der Waals surface area contributed by atoms with E-state index in [-0.39, 0.29) is 17.0 Å². The second kappa shape index (κ2) is 6.35. The fraction of sp³-hybridized carbons (Fsp3) is 0.294. The van der Waals surface area contributed by atoms with Crippen molar-refractivity contribution in [3.05, 3.63) is 48.5 Å². The van der Waals surface area contributed by atoms with Crippen LogP contribution in [0.5, 0.6) is 0 Å². The van der Waals surface area contributed by atoms with Gasteiger partial charge in [-0.25, -0.2) is 15.0 Å². The van der Waals surface area contributed by atoms with Crippen LogP contribution in [0.2, 0.25) is 0 Å². The van der Waals surface area contributed by atoms with Crippen LogP contribution in [0.4, 0.5) is 5.82 Å². The van der Waals surface area contributed by atoms with Gasteiger partial charge in [-0.05, 0) is 0 Å². The number of hydrogen-bond acceptors (Lipinski definition) is 9. The topological polar surface area (TPSA) is 157 Å². The van der Waals surface area contributed by atoms with Crippen molar-refractivity contribution in [1.82, 2.24) is 19.5 Å². The van der Waals surface area contributed by atoms with E-state index in [4.69, 9.17) is 10.5 Å². The fourth-order valence-corrected chi connectivity index (χ4v) is 3.31.